The highest BCUT2D eigenvalue weighted by molar-refractivity contribution is 5.84. The Kier molecular flexibility index (Phi) is 5.70. The highest BCUT2D eigenvalue weighted by Crippen LogP contribution is 2.26. The van der Waals surface area contributed by atoms with Crippen LogP contribution in [0.25, 0.3) is 0 Å². The van der Waals surface area contributed by atoms with Crippen LogP contribution >= 0.6 is 0 Å². The Balaban J connectivity index is 2.67. The van der Waals surface area contributed by atoms with E-state index in [-0.39, 0.29) is 5.78 Å². The third-order valence-electron chi connectivity index (χ3n) is 2.77. The lowest BCUT2D eigenvalue weighted by Gasteiger charge is -2.13. The summed E-state index contributed by atoms with van der Waals surface area (Å²) in [6.45, 7) is 2.08. The molecule has 0 spiro atoms. The van der Waals surface area contributed by atoms with Crippen molar-refractivity contribution in [2.75, 3.05) is 7.11 Å². The number of rotatable bonds is 7. The van der Waals surface area contributed by atoms with E-state index in [1.807, 2.05) is 6.07 Å². The van der Waals surface area contributed by atoms with E-state index >= 15 is 0 Å². The molecule has 1 N–H and O–H groups in total. The summed E-state index contributed by atoms with van der Waals surface area (Å²) in [6, 6.07) is 7.08. The zero-order chi connectivity index (χ0) is 12.7. The summed E-state index contributed by atoms with van der Waals surface area (Å²) < 4.78 is 5.13. The number of carbonyl (C=O) groups is 1. The van der Waals surface area contributed by atoms with Gasteiger partial charge in [-0.1, -0.05) is 38.0 Å². The van der Waals surface area contributed by atoms with Gasteiger partial charge in [-0.3, -0.25) is 4.79 Å². The molecule has 1 aromatic rings. The fourth-order valence-electron chi connectivity index (χ4n) is 1.75. The van der Waals surface area contributed by atoms with Crippen molar-refractivity contribution in [3.05, 3.63) is 29.8 Å². The molecule has 0 aromatic heterocycles. The van der Waals surface area contributed by atoms with Crippen LogP contribution in [0.15, 0.2) is 24.3 Å². The number of ether oxygens (including phenoxy) is 1. The summed E-state index contributed by atoms with van der Waals surface area (Å²) in [5.74, 6) is 0.423. The molecule has 0 aliphatic heterocycles. The van der Waals surface area contributed by atoms with Crippen LogP contribution in [-0.2, 0) is 4.79 Å². The number of ketones is 1. The predicted molar refractivity (Wildman–Crippen MR) is 67.1 cm³/mol. The molecule has 0 bridgehead atoms. The van der Waals surface area contributed by atoms with Crippen molar-refractivity contribution < 1.29 is 14.6 Å². The predicted octanol–water partition coefficient (Wildman–Crippen LogP) is 2.88. The van der Waals surface area contributed by atoms with Crippen LogP contribution in [0, 0.1) is 0 Å². The number of hydrogen-bond donors (Lipinski definition) is 1. The van der Waals surface area contributed by atoms with Crippen LogP contribution in [-0.4, -0.2) is 18.0 Å². The molecule has 0 aliphatic rings. The van der Waals surface area contributed by atoms with Gasteiger partial charge < -0.3 is 9.84 Å². The van der Waals surface area contributed by atoms with Crippen LogP contribution in [0.2, 0.25) is 0 Å². The lowest BCUT2D eigenvalue weighted by Crippen LogP contribution is -2.12. The van der Waals surface area contributed by atoms with Gasteiger partial charge in [-0.15, -0.1) is 0 Å². The van der Waals surface area contributed by atoms with E-state index in [0.717, 1.165) is 19.3 Å². The van der Waals surface area contributed by atoms with Crippen LogP contribution in [0.1, 0.15) is 44.3 Å². The highest BCUT2D eigenvalue weighted by atomic mass is 16.5. The van der Waals surface area contributed by atoms with E-state index in [1.165, 1.54) is 7.11 Å². The van der Waals surface area contributed by atoms with Gasteiger partial charge in [0.2, 0.25) is 0 Å². The summed E-state index contributed by atoms with van der Waals surface area (Å²) >= 11 is 0. The number of aliphatic hydroxyl groups is 1. The Labute approximate surface area is 102 Å². The standard InChI is InChI=1S/C14H20O3/c1-3-4-5-9-12(15)14(16)11-8-6-7-10-13(11)17-2/h6-8,10,14,16H,3-5,9H2,1-2H3. The Bertz CT molecular complexity index is 360. The van der Waals surface area contributed by atoms with E-state index in [4.69, 9.17) is 4.74 Å². The first-order chi connectivity index (χ1) is 8.20. The van der Waals surface area contributed by atoms with Crippen molar-refractivity contribution in [3.8, 4) is 5.75 Å². The lowest BCUT2D eigenvalue weighted by atomic mass is 10.0. The molecule has 0 heterocycles. The first kappa shape index (κ1) is 13.7. The largest absolute Gasteiger partial charge is 0.496 e. The molecule has 1 unspecified atom stereocenters. The number of para-hydroxylation sites is 1. The molecule has 1 rings (SSSR count). The third-order valence-corrected chi connectivity index (χ3v) is 2.77. The van der Waals surface area contributed by atoms with Crippen molar-refractivity contribution in [2.45, 2.75) is 38.7 Å². The highest BCUT2D eigenvalue weighted by Gasteiger charge is 2.19. The second-order valence-corrected chi connectivity index (χ2v) is 4.07. The van der Waals surface area contributed by atoms with E-state index in [0.29, 0.717) is 17.7 Å². The molecule has 0 radical (unpaired) electrons. The molecule has 1 aromatic carbocycles. The second kappa shape index (κ2) is 7.07. The van der Waals surface area contributed by atoms with E-state index in [9.17, 15) is 9.90 Å². The summed E-state index contributed by atoms with van der Waals surface area (Å²) in [5.41, 5.74) is 0.552. The van der Waals surface area contributed by atoms with Crippen LogP contribution in [0.3, 0.4) is 0 Å². The second-order valence-electron chi connectivity index (χ2n) is 4.07. The minimum Gasteiger partial charge on any atom is -0.496 e. The van der Waals surface area contributed by atoms with Gasteiger partial charge in [-0.2, -0.15) is 0 Å². The molecule has 94 valence electrons. The van der Waals surface area contributed by atoms with E-state index in [2.05, 4.69) is 6.92 Å². The van der Waals surface area contributed by atoms with Crippen molar-refractivity contribution in [2.24, 2.45) is 0 Å². The Morgan fingerprint density at radius 3 is 2.71 bits per heavy atom. The molecule has 0 fully saturated rings. The summed E-state index contributed by atoms with van der Waals surface area (Å²) in [6.07, 6.45) is 2.28. The average Bonchev–Trinajstić information content (AvgIpc) is 2.38. The topological polar surface area (TPSA) is 46.5 Å². The normalized spacial score (nSPS) is 12.2. The van der Waals surface area contributed by atoms with Gasteiger partial charge in [-0.25, -0.2) is 0 Å². The number of carbonyl (C=O) groups excluding carboxylic acids is 1. The van der Waals surface area contributed by atoms with Crippen LogP contribution in [0.4, 0.5) is 0 Å². The summed E-state index contributed by atoms with van der Waals surface area (Å²) in [4.78, 5) is 11.8. The first-order valence-corrected chi connectivity index (χ1v) is 6.04. The maximum atomic E-state index is 11.8. The fraction of sp³-hybridized carbons (Fsp3) is 0.500. The third kappa shape index (κ3) is 3.86. The van der Waals surface area contributed by atoms with Crippen molar-refractivity contribution >= 4 is 5.78 Å². The van der Waals surface area contributed by atoms with Crippen LogP contribution < -0.4 is 4.74 Å². The SMILES string of the molecule is CCCCCC(=O)C(O)c1ccccc1OC. The molecule has 17 heavy (non-hydrogen) atoms. The number of benzene rings is 1. The molecule has 0 saturated heterocycles. The number of methoxy groups -OCH3 is 1. The summed E-state index contributed by atoms with van der Waals surface area (Å²) in [7, 11) is 1.53. The van der Waals surface area contributed by atoms with Crippen molar-refractivity contribution in [1.29, 1.82) is 0 Å². The van der Waals surface area contributed by atoms with Gasteiger partial charge in [0.15, 0.2) is 5.78 Å². The Morgan fingerprint density at radius 1 is 1.35 bits per heavy atom. The van der Waals surface area contributed by atoms with E-state index in [1.54, 1.807) is 18.2 Å². The zero-order valence-electron chi connectivity index (χ0n) is 10.5. The van der Waals surface area contributed by atoms with E-state index < -0.39 is 6.10 Å². The number of Topliss-reactive ketones (excluding diaryl/α,β-unsaturated/α-hetero) is 1. The van der Waals surface area contributed by atoms with Gasteiger partial charge in [0.1, 0.15) is 11.9 Å². The first-order valence-electron chi connectivity index (χ1n) is 6.04. The van der Waals surface area contributed by atoms with Gasteiger partial charge in [0.25, 0.3) is 0 Å². The monoisotopic (exact) mass is 236 g/mol. The fourth-order valence-corrected chi connectivity index (χ4v) is 1.75. The van der Waals surface area contributed by atoms with Crippen molar-refractivity contribution in [1.82, 2.24) is 0 Å². The maximum absolute atomic E-state index is 11.8. The molecule has 3 heteroatoms. The molecule has 3 nitrogen and oxygen atoms in total. The van der Waals surface area contributed by atoms with Crippen LogP contribution in [0.5, 0.6) is 5.75 Å². The van der Waals surface area contributed by atoms with Crippen molar-refractivity contribution in [3.63, 3.8) is 0 Å². The van der Waals surface area contributed by atoms with Gasteiger partial charge in [-0.05, 0) is 12.5 Å². The summed E-state index contributed by atoms with van der Waals surface area (Å²) in [5, 5.41) is 9.97. The Morgan fingerprint density at radius 2 is 2.06 bits per heavy atom. The zero-order valence-corrected chi connectivity index (χ0v) is 10.5. The smallest absolute Gasteiger partial charge is 0.165 e. The number of unbranched alkanes of at least 4 members (excludes halogenated alkanes) is 2. The van der Waals surface area contributed by atoms with Gasteiger partial charge in [0, 0.05) is 12.0 Å². The molecule has 0 aliphatic carbocycles. The van der Waals surface area contributed by atoms with Gasteiger partial charge in [0.05, 0.1) is 7.11 Å². The lowest BCUT2D eigenvalue weighted by molar-refractivity contribution is -0.127. The molecular formula is C14H20O3. The molecule has 1 atom stereocenters. The minimum atomic E-state index is -1.07. The quantitative estimate of drug-likeness (QED) is 0.740. The van der Waals surface area contributed by atoms with Gasteiger partial charge >= 0.3 is 0 Å². The minimum absolute atomic E-state index is 0.136. The Hall–Kier alpha value is -1.35. The molecule has 0 amide bonds. The maximum Gasteiger partial charge on any atom is 0.165 e. The molecular weight excluding hydrogens is 216 g/mol. The number of aliphatic hydroxyl groups excluding tert-OH is 1. The molecule has 0 saturated carbocycles. The number of hydrogen-bond acceptors (Lipinski definition) is 3. The average molecular weight is 236 g/mol.